The summed E-state index contributed by atoms with van der Waals surface area (Å²) in [5.41, 5.74) is -0.237. The first kappa shape index (κ1) is 23.2. The predicted octanol–water partition coefficient (Wildman–Crippen LogP) is 4.06. The monoisotopic (exact) mass is 467 g/mol. The second-order valence-corrected chi connectivity index (χ2v) is 8.52. The van der Waals surface area contributed by atoms with E-state index >= 15 is 0 Å². The first-order valence-corrected chi connectivity index (χ1v) is 11.1. The van der Waals surface area contributed by atoms with Gasteiger partial charge in [0.25, 0.3) is 11.6 Å². The molecule has 1 saturated carbocycles. The van der Waals surface area contributed by atoms with Crippen LogP contribution in [0.1, 0.15) is 48.9 Å². The van der Waals surface area contributed by atoms with Crippen LogP contribution in [0.5, 0.6) is 5.75 Å². The highest BCUT2D eigenvalue weighted by Crippen LogP contribution is 2.44. The number of nitrogens with zero attached hydrogens (tertiary/aromatic N) is 1. The van der Waals surface area contributed by atoms with Crippen LogP contribution in [-0.2, 0) is 14.3 Å². The normalized spacial score (nSPS) is 18.7. The Morgan fingerprint density at radius 3 is 2.44 bits per heavy atom. The molecule has 1 aliphatic heterocycles. The van der Waals surface area contributed by atoms with E-state index < -0.39 is 22.3 Å². The van der Waals surface area contributed by atoms with Crippen LogP contribution in [0, 0.1) is 16.0 Å². The fourth-order valence-electron chi connectivity index (χ4n) is 4.65. The molecule has 2 fully saturated rings. The van der Waals surface area contributed by atoms with E-state index in [9.17, 15) is 24.5 Å². The fourth-order valence-corrected chi connectivity index (χ4v) is 4.65. The molecular weight excluding hydrogens is 442 g/mol. The third-order valence-corrected chi connectivity index (χ3v) is 6.40. The van der Waals surface area contributed by atoms with Gasteiger partial charge in [-0.2, -0.15) is 0 Å². The topological polar surface area (TPSA) is 137 Å². The van der Waals surface area contributed by atoms with Gasteiger partial charge < -0.3 is 20.1 Å². The smallest absolute Gasteiger partial charge is 0.307 e. The zero-order chi connectivity index (χ0) is 24.3. The number of ether oxygens (including phenoxy) is 2. The summed E-state index contributed by atoms with van der Waals surface area (Å²) in [5, 5.41) is 16.7. The number of anilines is 2. The van der Waals surface area contributed by atoms with E-state index in [1.165, 1.54) is 37.4 Å². The lowest BCUT2D eigenvalue weighted by molar-refractivity contribution is -0.384. The molecule has 1 heterocycles. The molecule has 0 aromatic heterocycles. The van der Waals surface area contributed by atoms with Crippen LogP contribution in [0.2, 0.25) is 0 Å². The van der Waals surface area contributed by atoms with Crippen LogP contribution in [0.3, 0.4) is 0 Å². The zero-order valence-electron chi connectivity index (χ0n) is 18.7. The molecule has 2 aromatic rings. The Labute approximate surface area is 195 Å². The lowest BCUT2D eigenvalue weighted by atomic mass is 9.75. The Bertz CT molecular complexity index is 1120. The maximum atomic E-state index is 13.0. The van der Waals surface area contributed by atoms with E-state index in [0.29, 0.717) is 24.3 Å². The van der Waals surface area contributed by atoms with Gasteiger partial charge in [0.2, 0.25) is 5.91 Å². The highest BCUT2D eigenvalue weighted by Gasteiger charge is 2.52. The van der Waals surface area contributed by atoms with E-state index in [4.69, 9.17) is 9.47 Å². The Balaban J connectivity index is 1.43. The number of methoxy groups -OCH3 is 1. The Hall–Kier alpha value is -3.95. The van der Waals surface area contributed by atoms with Crippen LogP contribution in [0.15, 0.2) is 42.5 Å². The van der Waals surface area contributed by atoms with Crippen LogP contribution in [0.25, 0.3) is 0 Å². The second kappa shape index (κ2) is 9.50. The van der Waals surface area contributed by atoms with Crippen LogP contribution >= 0.6 is 0 Å². The first-order chi connectivity index (χ1) is 16.3. The van der Waals surface area contributed by atoms with Gasteiger partial charge in [0.1, 0.15) is 17.0 Å². The predicted molar refractivity (Wildman–Crippen MR) is 123 cm³/mol. The Morgan fingerprint density at radius 1 is 1.09 bits per heavy atom. The van der Waals surface area contributed by atoms with Crippen molar-refractivity contribution in [2.24, 2.45) is 5.92 Å². The van der Waals surface area contributed by atoms with Gasteiger partial charge in [0, 0.05) is 11.3 Å². The van der Waals surface area contributed by atoms with E-state index in [2.05, 4.69) is 10.6 Å². The number of esters is 1. The quantitative estimate of drug-likeness (QED) is 0.371. The first-order valence-electron chi connectivity index (χ1n) is 11.1. The largest absolute Gasteiger partial charge is 0.496 e. The molecule has 2 aromatic carbocycles. The molecular formula is C24H25N3O7. The maximum absolute atomic E-state index is 13.0. The molecule has 1 aliphatic carbocycles. The molecule has 1 saturated heterocycles. The van der Waals surface area contributed by atoms with E-state index in [0.717, 1.165) is 19.3 Å². The number of amides is 2. The number of nitro benzene ring substituents is 1. The van der Waals surface area contributed by atoms with Crippen molar-refractivity contribution in [2.45, 2.75) is 44.1 Å². The summed E-state index contributed by atoms with van der Waals surface area (Å²) in [4.78, 5) is 48.2. The highest BCUT2D eigenvalue weighted by molar-refractivity contribution is 6.06. The molecule has 34 heavy (non-hydrogen) atoms. The molecule has 1 spiro atoms. The third kappa shape index (κ3) is 4.70. The van der Waals surface area contributed by atoms with Crippen molar-refractivity contribution in [1.29, 1.82) is 0 Å². The number of nitro groups is 1. The van der Waals surface area contributed by atoms with E-state index in [-0.39, 0.29) is 35.2 Å². The van der Waals surface area contributed by atoms with Gasteiger partial charge in [-0.05, 0) is 62.1 Å². The molecule has 4 rings (SSSR count). The summed E-state index contributed by atoms with van der Waals surface area (Å²) in [6.45, 7) is 0. The number of carbonyl (C=O) groups excluding carboxylic acids is 3. The number of rotatable bonds is 6. The van der Waals surface area contributed by atoms with E-state index in [1.807, 2.05) is 0 Å². The van der Waals surface area contributed by atoms with Gasteiger partial charge in [-0.25, -0.2) is 0 Å². The molecule has 2 N–H and O–H groups in total. The molecule has 178 valence electrons. The van der Waals surface area contributed by atoms with Gasteiger partial charge >= 0.3 is 5.97 Å². The second-order valence-electron chi connectivity index (χ2n) is 8.52. The van der Waals surface area contributed by atoms with Crippen molar-refractivity contribution in [3.05, 3.63) is 58.1 Å². The van der Waals surface area contributed by atoms with Gasteiger partial charge in [0.05, 0.1) is 30.4 Å². The van der Waals surface area contributed by atoms with Crippen LogP contribution in [0.4, 0.5) is 17.1 Å². The molecule has 1 atom stereocenters. The van der Waals surface area contributed by atoms with Crippen molar-refractivity contribution in [2.75, 3.05) is 17.7 Å². The highest BCUT2D eigenvalue weighted by atomic mass is 16.6. The lowest BCUT2D eigenvalue weighted by Crippen LogP contribution is -2.43. The molecule has 10 heteroatoms. The Morgan fingerprint density at radius 2 is 1.79 bits per heavy atom. The summed E-state index contributed by atoms with van der Waals surface area (Å²) in [7, 11) is 1.39. The molecule has 0 bridgehead atoms. The number of hydrogen-bond acceptors (Lipinski definition) is 7. The molecule has 2 aliphatic rings. The van der Waals surface area contributed by atoms with Crippen molar-refractivity contribution >= 4 is 34.8 Å². The number of benzene rings is 2. The molecule has 2 amide bonds. The average Bonchev–Trinajstić information content (AvgIpc) is 3.15. The maximum Gasteiger partial charge on any atom is 0.307 e. The average molecular weight is 467 g/mol. The zero-order valence-corrected chi connectivity index (χ0v) is 18.7. The molecule has 10 nitrogen and oxygen atoms in total. The molecule has 0 radical (unpaired) electrons. The van der Waals surface area contributed by atoms with Crippen molar-refractivity contribution < 1.29 is 28.8 Å². The fraction of sp³-hybridized carbons (Fsp3) is 0.375. The van der Waals surface area contributed by atoms with Crippen LogP contribution < -0.4 is 15.4 Å². The number of nitrogens with one attached hydrogen (secondary N) is 2. The third-order valence-electron chi connectivity index (χ3n) is 6.40. The minimum Gasteiger partial charge on any atom is -0.496 e. The van der Waals surface area contributed by atoms with Gasteiger partial charge in [-0.15, -0.1) is 0 Å². The number of hydrogen-bond donors (Lipinski definition) is 2. The van der Waals surface area contributed by atoms with Gasteiger partial charge in [-0.1, -0.05) is 6.42 Å². The van der Waals surface area contributed by atoms with E-state index in [1.54, 1.807) is 12.1 Å². The minimum atomic E-state index is -0.716. The summed E-state index contributed by atoms with van der Waals surface area (Å²) in [6, 6.07) is 10.3. The van der Waals surface area contributed by atoms with Gasteiger partial charge in [0.15, 0.2) is 0 Å². The van der Waals surface area contributed by atoms with Gasteiger partial charge in [-0.3, -0.25) is 24.5 Å². The Kier molecular flexibility index (Phi) is 6.49. The van der Waals surface area contributed by atoms with Crippen molar-refractivity contribution in [1.82, 2.24) is 0 Å². The summed E-state index contributed by atoms with van der Waals surface area (Å²) >= 11 is 0. The molecule has 1 unspecified atom stereocenters. The van der Waals surface area contributed by atoms with Crippen molar-refractivity contribution in [3.8, 4) is 5.75 Å². The minimum absolute atomic E-state index is 0.0388. The standard InChI is InChI=1S/C24H25N3O7/c1-33-17-9-10-19(20(13-17)27(31)32)26-22(29)15-5-7-16(8-6-15)25-23(30)18-14-21(28)34-24(18)11-3-2-4-12-24/h5-10,13,18H,2-4,11-12,14H2,1H3,(H,25,30)(H,26,29). The lowest BCUT2D eigenvalue weighted by Gasteiger charge is -2.36. The SMILES string of the molecule is COc1ccc(NC(=O)c2ccc(NC(=O)C3CC(=O)OC34CCCCC4)cc2)c([N+](=O)[O-])c1. The van der Waals surface area contributed by atoms with Crippen LogP contribution in [-0.4, -0.2) is 35.4 Å². The van der Waals surface area contributed by atoms with Crippen molar-refractivity contribution in [3.63, 3.8) is 0 Å². The summed E-state index contributed by atoms with van der Waals surface area (Å²) < 4.78 is 10.6. The number of carbonyl (C=O) groups is 3. The summed E-state index contributed by atoms with van der Waals surface area (Å²) in [5.74, 6) is -1.41. The summed E-state index contributed by atoms with van der Waals surface area (Å²) in [6.07, 6.45) is 4.35.